The van der Waals surface area contributed by atoms with Crippen molar-refractivity contribution in [1.29, 1.82) is 0 Å². The summed E-state index contributed by atoms with van der Waals surface area (Å²) in [6, 6.07) is 1.72. The molecule has 3 N–H and O–H groups in total. The molecule has 2 heterocycles. The summed E-state index contributed by atoms with van der Waals surface area (Å²) < 4.78 is 1.97. The molecule has 0 atom stereocenters. The third-order valence-electron chi connectivity index (χ3n) is 2.74. The van der Waals surface area contributed by atoms with Crippen LogP contribution in [0, 0.1) is 0 Å². The first kappa shape index (κ1) is 13.3. The van der Waals surface area contributed by atoms with Gasteiger partial charge in [0, 0.05) is 18.5 Å². The van der Waals surface area contributed by atoms with E-state index in [9.17, 15) is 0 Å². The fourth-order valence-corrected chi connectivity index (χ4v) is 1.68. The van der Waals surface area contributed by atoms with E-state index in [-0.39, 0.29) is 5.92 Å². The summed E-state index contributed by atoms with van der Waals surface area (Å²) in [4.78, 5) is 8.63. The molecule has 2 rings (SSSR count). The minimum absolute atomic E-state index is 0.239. The zero-order chi connectivity index (χ0) is 13.8. The van der Waals surface area contributed by atoms with Gasteiger partial charge in [0.25, 0.3) is 0 Å². The van der Waals surface area contributed by atoms with Gasteiger partial charge in [0.1, 0.15) is 23.8 Å². The van der Waals surface area contributed by atoms with Crippen molar-refractivity contribution >= 4 is 11.6 Å². The molecule has 0 spiro atoms. The maximum absolute atomic E-state index is 5.78. The highest BCUT2D eigenvalue weighted by atomic mass is 15.3. The Balaban J connectivity index is 2.11. The van der Waals surface area contributed by atoms with Crippen molar-refractivity contribution in [2.75, 3.05) is 11.1 Å². The quantitative estimate of drug-likeness (QED) is 0.845. The molecule has 0 aliphatic rings. The Kier molecular flexibility index (Phi) is 3.94. The fourth-order valence-electron chi connectivity index (χ4n) is 1.68. The van der Waals surface area contributed by atoms with E-state index in [2.05, 4.69) is 25.5 Å². The monoisotopic (exact) mass is 261 g/mol. The van der Waals surface area contributed by atoms with E-state index in [1.165, 1.54) is 0 Å². The zero-order valence-electron chi connectivity index (χ0n) is 11.5. The van der Waals surface area contributed by atoms with Gasteiger partial charge in [-0.15, -0.1) is 10.2 Å². The summed E-state index contributed by atoms with van der Waals surface area (Å²) in [6.45, 7) is 7.51. The Morgan fingerprint density at radius 2 is 2.16 bits per heavy atom. The lowest BCUT2D eigenvalue weighted by atomic mass is 10.2. The number of hydrogen-bond acceptors (Lipinski definition) is 6. The molecular weight excluding hydrogens is 242 g/mol. The van der Waals surface area contributed by atoms with Crippen molar-refractivity contribution < 1.29 is 0 Å². The lowest BCUT2D eigenvalue weighted by Crippen LogP contribution is -2.10. The van der Waals surface area contributed by atoms with Crippen LogP contribution in [0.5, 0.6) is 0 Å². The van der Waals surface area contributed by atoms with E-state index in [4.69, 9.17) is 5.73 Å². The van der Waals surface area contributed by atoms with Gasteiger partial charge in [-0.3, -0.25) is 0 Å². The molecule has 7 heteroatoms. The fraction of sp³-hybridized carbons (Fsp3) is 0.500. The minimum Gasteiger partial charge on any atom is -0.384 e. The summed E-state index contributed by atoms with van der Waals surface area (Å²) in [7, 11) is 0. The molecule has 0 saturated heterocycles. The second kappa shape index (κ2) is 5.64. The van der Waals surface area contributed by atoms with E-state index in [0.717, 1.165) is 18.2 Å². The minimum atomic E-state index is 0.239. The van der Waals surface area contributed by atoms with Crippen LogP contribution >= 0.6 is 0 Å². The van der Waals surface area contributed by atoms with Gasteiger partial charge >= 0.3 is 0 Å². The van der Waals surface area contributed by atoms with Crippen LogP contribution in [-0.4, -0.2) is 24.7 Å². The van der Waals surface area contributed by atoms with Gasteiger partial charge in [0.05, 0.1) is 6.54 Å². The molecule has 0 amide bonds. The molecule has 0 radical (unpaired) electrons. The van der Waals surface area contributed by atoms with E-state index in [1.807, 2.05) is 25.3 Å². The highest BCUT2D eigenvalue weighted by molar-refractivity contribution is 5.44. The maximum Gasteiger partial charge on any atom is 0.152 e. The van der Waals surface area contributed by atoms with Crippen molar-refractivity contribution in [2.45, 2.75) is 39.8 Å². The second-order valence-corrected chi connectivity index (χ2v) is 4.58. The molecule has 0 aliphatic heterocycles. The SMILES string of the molecule is CCn1cnnc1CNc1cc(N)nc(C(C)C)n1. The normalized spacial score (nSPS) is 10.9. The second-order valence-electron chi connectivity index (χ2n) is 4.58. The summed E-state index contributed by atoms with van der Waals surface area (Å²) in [5, 5.41) is 11.1. The Bertz CT molecular complexity index is 547. The lowest BCUT2D eigenvalue weighted by Gasteiger charge is -2.10. The van der Waals surface area contributed by atoms with Crippen LogP contribution in [0.25, 0.3) is 0 Å². The summed E-state index contributed by atoms with van der Waals surface area (Å²) >= 11 is 0. The Labute approximate surface area is 112 Å². The Hall–Kier alpha value is -2.18. The first-order valence-electron chi connectivity index (χ1n) is 6.35. The number of rotatable bonds is 5. The molecule has 19 heavy (non-hydrogen) atoms. The predicted octanol–water partition coefficient (Wildman–Crippen LogP) is 1.41. The Morgan fingerprint density at radius 3 is 2.84 bits per heavy atom. The Morgan fingerprint density at radius 1 is 1.37 bits per heavy atom. The summed E-state index contributed by atoms with van der Waals surface area (Å²) in [6.07, 6.45) is 1.71. The van der Waals surface area contributed by atoms with Crippen LogP contribution in [0.15, 0.2) is 12.4 Å². The molecule has 7 nitrogen and oxygen atoms in total. The van der Waals surface area contributed by atoms with E-state index >= 15 is 0 Å². The molecule has 0 bridgehead atoms. The van der Waals surface area contributed by atoms with E-state index in [1.54, 1.807) is 12.4 Å². The average molecular weight is 261 g/mol. The topological polar surface area (TPSA) is 94.5 Å². The van der Waals surface area contributed by atoms with Crippen LogP contribution in [0.1, 0.15) is 38.3 Å². The van der Waals surface area contributed by atoms with Crippen molar-refractivity contribution in [3.63, 3.8) is 0 Å². The molecule has 0 saturated carbocycles. The largest absolute Gasteiger partial charge is 0.384 e. The van der Waals surface area contributed by atoms with Gasteiger partial charge in [-0.2, -0.15) is 0 Å². The number of nitrogens with zero attached hydrogens (tertiary/aromatic N) is 5. The van der Waals surface area contributed by atoms with Gasteiger partial charge in [-0.05, 0) is 6.92 Å². The van der Waals surface area contributed by atoms with Crippen molar-refractivity contribution in [3.05, 3.63) is 24.0 Å². The van der Waals surface area contributed by atoms with Gasteiger partial charge in [0.15, 0.2) is 5.82 Å². The highest BCUT2D eigenvalue weighted by Crippen LogP contribution is 2.15. The molecule has 102 valence electrons. The maximum atomic E-state index is 5.78. The number of aryl methyl sites for hydroxylation is 1. The van der Waals surface area contributed by atoms with Gasteiger partial charge in [-0.25, -0.2) is 9.97 Å². The predicted molar refractivity (Wildman–Crippen MR) is 73.6 cm³/mol. The summed E-state index contributed by atoms with van der Waals surface area (Å²) in [5.74, 6) is 3.02. The van der Waals surface area contributed by atoms with E-state index in [0.29, 0.717) is 18.2 Å². The lowest BCUT2D eigenvalue weighted by molar-refractivity contribution is 0.706. The summed E-state index contributed by atoms with van der Waals surface area (Å²) in [5.41, 5.74) is 5.78. The molecule has 2 aromatic rings. The number of nitrogens with two attached hydrogens (primary N) is 1. The van der Waals surface area contributed by atoms with Gasteiger partial charge in [-0.1, -0.05) is 13.8 Å². The van der Waals surface area contributed by atoms with Crippen molar-refractivity contribution in [2.24, 2.45) is 0 Å². The third kappa shape index (κ3) is 3.18. The van der Waals surface area contributed by atoms with Gasteiger partial charge < -0.3 is 15.6 Å². The van der Waals surface area contributed by atoms with Crippen LogP contribution in [0.3, 0.4) is 0 Å². The van der Waals surface area contributed by atoms with E-state index < -0.39 is 0 Å². The average Bonchev–Trinajstić information content (AvgIpc) is 2.83. The molecular formula is C12H19N7. The zero-order valence-corrected chi connectivity index (χ0v) is 11.5. The number of aromatic nitrogens is 5. The van der Waals surface area contributed by atoms with Crippen molar-refractivity contribution in [3.8, 4) is 0 Å². The number of nitrogens with one attached hydrogen (secondary N) is 1. The first-order valence-corrected chi connectivity index (χ1v) is 6.35. The number of nitrogen functional groups attached to an aromatic ring is 1. The molecule has 2 aromatic heterocycles. The molecule has 0 aliphatic carbocycles. The van der Waals surface area contributed by atoms with Crippen LogP contribution in [0.2, 0.25) is 0 Å². The van der Waals surface area contributed by atoms with Crippen LogP contribution in [0.4, 0.5) is 11.6 Å². The highest BCUT2D eigenvalue weighted by Gasteiger charge is 2.08. The standard InChI is InChI=1S/C12H19N7/c1-4-19-7-15-18-11(19)6-14-10-5-9(13)16-12(17-10)8(2)3/h5,7-8H,4,6H2,1-3H3,(H3,13,14,16,17). The van der Waals surface area contributed by atoms with Crippen molar-refractivity contribution in [1.82, 2.24) is 24.7 Å². The third-order valence-corrected chi connectivity index (χ3v) is 2.74. The smallest absolute Gasteiger partial charge is 0.152 e. The van der Waals surface area contributed by atoms with Crippen LogP contribution in [-0.2, 0) is 13.1 Å². The van der Waals surface area contributed by atoms with Crippen LogP contribution < -0.4 is 11.1 Å². The molecule has 0 aromatic carbocycles. The molecule has 0 unspecified atom stereocenters. The van der Waals surface area contributed by atoms with Gasteiger partial charge in [0.2, 0.25) is 0 Å². The molecule has 0 fully saturated rings. The first-order chi connectivity index (χ1) is 9.10. The number of anilines is 2. The number of hydrogen-bond donors (Lipinski definition) is 2.